The van der Waals surface area contributed by atoms with E-state index < -0.39 is 0 Å². The van der Waals surface area contributed by atoms with E-state index in [9.17, 15) is 0 Å². The largest absolute Gasteiger partial charge is 0.375 e. The van der Waals surface area contributed by atoms with Crippen LogP contribution in [0.25, 0.3) is 0 Å². The SMILES string of the molecule is CC1CN(c2ncccc2CCl)CCO1. The third kappa shape index (κ3) is 2.41. The molecule has 1 fully saturated rings. The van der Waals surface area contributed by atoms with Gasteiger partial charge in [0.15, 0.2) is 0 Å². The third-order valence-electron chi connectivity index (χ3n) is 2.55. The van der Waals surface area contributed by atoms with Crippen LogP contribution in [0.1, 0.15) is 12.5 Å². The van der Waals surface area contributed by atoms with Gasteiger partial charge < -0.3 is 9.64 Å². The normalized spacial score (nSPS) is 21.7. The number of hydrogen-bond acceptors (Lipinski definition) is 3. The van der Waals surface area contributed by atoms with Gasteiger partial charge in [0, 0.05) is 24.8 Å². The Labute approximate surface area is 95.0 Å². The van der Waals surface area contributed by atoms with E-state index in [-0.39, 0.29) is 6.10 Å². The number of halogens is 1. The van der Waals surface area contributed by atoms with Crippen LogP contribution in [0.5, 0.6) is 0 Å². The number of anilines is 1. The van der Waals surface area contributed by atoms with Crippen molar-refractivity contribution in [2.75, 3.05) is 24.6 Å². The molecule has 3 nitrogen and oxygen atoms in total. The third-order valence-corrected chi connectivity index (χ3v) is 2.84. The van der Waals surface area contributed by atoms with Crippen LogP contribution in [-0.4, -0.2) is 30.8 Å². The summed E-state index contributed by atoms with van der Waals surface area (Å²) in [6.07, 6.45) is 2.08. The fraction of sp³-hybridized carbons (Fsp3) is 0.545. The number of hydrogen-bond donors (Lipinski definition) is 0. The Morgan fingerprint density at radius 3 is 3.27 bits per heavy atom. The molecule has 2 rings (SSSR count). The van der Waals surface area contributed by atoms with Crippen LogP contribution in [0.4, 0.5) is 5.82 Å². The Morgan fingerprint density at radius 1 is 1.67 bits per heavy atom. The summed E-state index contributed by atoms with van der Waals surface area (Å²) < 4.78 is 5.50. The van der Waals surface area contributed by atoms with Crippen LogP contribution in [-0.2, 0) is 10.6 Å². The van der Waals surface area contributed by atoms with Gasteiger partial charge in [0.25, 0.3) is 0 Å². The average Bonchev–Trinajstić information content (AvgIpc) is 2.29. The molecule has 1 saturated heterocycles. The molecular weight excluding hydrogens is 212 g/mol. The van der Waals surface area contributed by atoms with Gasteiger partial charge in [-0.25, -0.2) is 4.98 Å². The minimum absolute atomic E-state index is 0.268. The maximum Gasteiger partial charge on any atom is 0.133 e. The molecule has 0 aromatic carbocycles. The standard InChI is InChI=1S/C11H15ClN2O/c1-9-8-14(5-6-15-9)11-10(7-12)3-2-4-13-11/h2-4,9H,5-8H2,1H3. The highest BCUT2D eigenvalue weighted by atomic mass is 35.5. The number of rotatable bonds is 2. The van der Waals surface area contributed by atoms with E-state index in [1.807, 2.05) is 18.3 Å². The van der Waals surface area contributed by atoms with E-state index in [4.69, 9.17) is 16.3 Å². The van der Waals surface area contributed by atoms with Gasteiger partial charge in [0.05, 0.1) is 18.6 Å². The van der Waals surface area contributed by atoms with Gasteiger partial charge in [-0.1, -0.05) is 6.07 Å². The number of morpholine rings is 1. The molecule has 82 valence electrons. The lowest BCUT2D eigenvalue weighted by Crippen LogP contribution is -2.41. The van der Waals surface area contributed by atoms with E-state index in [0.717, 1.165) is 31.1 Å². The van der Waals surface area contributed by atoms with Gasteiger partial charge >= 0.3 is 0 Å². The Bertz CT molecular complexity index is 332. The van der Waals surface area contributed by atoms with Crippen molar-refractivity contribution >= 4 is 17.4 Å². The molecule has 0 amide bonds. The van der Waals surface area contributed by atoms with Crippen LogP contribution in [0.15, 0.2) is 18.3 Å². The average molecular weight is 227 g/mol. The van der Waals surface area contributed by atoms with E-state index in [1.54, 1.807) is 0 Å². The predicted molar refractivity (Wildman–Crippen MR) is 61.4 cm³/mol. The fourth-order valence-corrected chi connectivity index (χ4v) is 2.04. The molecule has 0 spiro atoms. The molecule has 1 aliphatic heterocycles. The van der Waals surface area contributed by atoms with Gasteiger partial charge in [-0.05, 0) is 13.0 Å². The molecule has 1 unspecified atom stereocenters. The lowest BCUT2D eigenvalue weighted by atomic mass is 10.2. The first-order valence-electron chi connectivity index (χ1n) is 5.17. The molecular formula is C11H15ClN2O. The second kappa shape index (κ2) is 4.81. The summed E-state index contributed by atoms with van der Waals surface area (Å²) in [4.78, 5) is 6.64. The van der Waals surface area contributed by atoms with Crippen molar-refractivity contribution in [2.24, 2.45) is 0 Å². The van der Waals surface area contributed by atoms with Crippen molar-refractivity contribution < 1.29 is 4.74 Å². The summed E-state index contributed by atoms with van der Waals surface area (Å²) in [5, 5.41) is 0. The monoisotopic (exact) mass is 226 g/mol. The number of pyridine rings is 1. The lowest BCUT2D eigenvalue weighted by Gasteiger charge is -2.32. The van der Waals surface area contributed by atoms with Crippen LogP contribution in [0, 0.1) is 0 Å². The maximum absolute atomic E-state index is 5.89. The molecule has 2 heterocycles. The van der Waals surface area contributed by atoms with Gasteiger partial charge in [0.2, 0.25) is 0 Å². The van der Waals surface area contributed by atoms with Crippen molar-refractivity contribution in [2.45, 2.75) is 18.9 Å². The van der Waals surface area contributed by atoms with Crippen molar-refractivity contribution in [3.63, 3.8) is 0 Å². The molecule has 0 aliphatic carbocycles. The molecule has 1 aromatic heterocycles. The summed E-state index contributed by atoms with van der Waals surface area (Å²) in [6.45, 7) is 4.63. The number of aromatic nitrogens is 1. The van der Waals surface area contributed by atoms with Gasteiger partial charge in [-0.3, -0.25) is 0 Å². The quantitative estimate of drug-likeness (QED) is 0.722. The fourth-order valence-electron chi connectivity index (χ4n) is 1.83. The maximum atomic E-state index is 5.89. The zero-order chi connectivity index (χ0) is 10.7. The Morgan fingerprint density at radius 2 is 2.53 bits per heavy atom. The second-order valence-corrected chi connectivity index (χ2v) is 4.01. The smallest absolute Gasteiger partial charge is 0.133 e. The predicted octanol–water partition coefficient (Wildman–Crippen LogP) is 2.05. The molecule has 0 saturated carbocycles. The van der Waals surface area contributed by atoms with Crippen LogP contribution < -0.4 is 4.90 Å². The summed E-state index contributed by atoms with van der Waals surface area (Å²) in [6, 6.07) is 3.94. The number of nitrogens with zero attached hydrogens (tertiary/aromatic N) is 2. The number of alkyl halides is 1. The molecule has 15 heavy (non-hydrogen) atoms. The highest BCUT2D eigenvalue weighted by Crippen LogP contribution is 2.21. The van der Waals surface area contributed by atoms with Gasteiger partial charge in [-0.2, -0.15) is 0 Å². The molecule has 1 atom stereocenters. The summed E-state index contributed by atoms with van der Waals surface area (Å²) in [7, 11) is 0. The first-order chi connectivity index (χ1) is 7.31. The summed E-state index contributed by atoms with van der Waals surface area (Å²) in [5.74, 6) is 1.51. The highest BCUT2D eigenvalue weighted by Gasteiger charge is 2.19. The highest BCUT2D eigenvalue weighted by molar-refractivity contribution is 6.17. The molecule has 0 bridgehead atoms. The first kappa shape index (κ1) is 10.7. The number of ether oxygens (including phenoxy) is 1. The Balaban J connectivity index is 2.20. The van der Waals surface area contributed by atoms with Crippen molar-refractivity contribution in [1.82, 2.24) is 4.98 Å². The molecule has 1 aliphatic rings. The van der Waals surface area contributed by atoms with Crippen molar-refractivity contribution in [3.8, 4) is 0 Å². The van der Waals surface area contributed by atoms with E-state index >= 15 is 0 Å². The summed E-state index contributed by atoms with van der Waals surface area (Å²) >= 11 is 5.89. The zero-order valence-electron chi connectivity index (χ0n) is 8.82. The van der Waals surface area contributed by atoms with E-state index in [0.29, 0.717) is 5.88 Å². The Kier molecular flexibility index (Phi) is 3.44. The minimum Gasteiger partial charge on any atom is -0.375 e. The molecule has 4 heteroatoms. The topological polar surface area (TPSA) is 25.4 Å². The van der Waals surface area contributed by atoms with Crippen LogP contribution in [0.2, 0.25) is 0 Å². The van der Waals surface area contributed by atoms with Gasteiger partial charge in [-0.15, -0.1) is 11.6 Å². The summed E-state index contributed by atoms with van der Waals surface area (Å²) in [5.41, 5.74) is 1.09. The minimum atomic E-state index is 0.268. The lowest BCUT2D eigenvalue weighted by molar-refractivity contribution is 0.0529. The van der Waals surface area contributed by atoms with Crippen LogP contribution in [0.3, 0.4) is 0 Å². The molecule has 0 radical (unpaired) electrons. The van der Waals surface area contributed by atoms with Crippen molar-refractivity contribution in [3.05, 3.63) is 23.9 Å². The molecule has 0 N–H and O–H groups in total. The van der Waals surface area contributed by atoms with E-state index in [2.05, 4.69) is 16.8 Å². The Hall–Kier alpha value is -0.800. The van der Waals surface area contributed by atoms with Crippen LogP contribution >= 0.6 is 11.6 Å². The zero-order valence-corrected chi connectivity index (χ0v) is 9.57. The van der Waals surface area contributed by atoms with Gasteiger partial charge in [0.1, 0.15) is 5.82 Å². The first-order valence-corrected chi connectivity index (χ1v) is 5.71. The van der Waals surface area contributed by atoms with Crippen molar-refractivity contribution in [1.29, 1.82) is 0 Å². The molecule has 1 aromatic rings. The second-order valence-electron chi connectivity index (χ2n) is 3.75. The van der Waals surface area contributed by atoms with E-state index in [1.165, 1.54) is 0 Å².